The van der Waals surface area contributed by atoms with Crippen molar-refractivity contribution in [1.82, 2.24) is 0 Å². The summed E-state index contributed by atoms with van der Waals surface area (Å²) in [4.78, 5) is 2.41. The monoisotopic (exact) mass is 326 g/mol. The first-order valence-corrected chi connectivity index (χ1v) is 7.59. The lowest BCUT2D eigenvalue weighted by Gasteiger charge is -2.44. The van der Waals surface area contributed by atoms with Crippen molar-refractivity contribution in [2.75, 3.05) is 24.7 Å². The van der Waals surface area contributed by atoms with Crippen molar-refractivity contribution < 1.29 is 4.74 Å². The van der Waals surface area contributed by atoms with E-state index in [9.17, 15) is 0 Å². The lowest BCUT2D eigenvalue weighted by Crippen LogP contribution is -2.53. The molecule has 19 heavy (non-hydrogen) atoms. The number of nitrogens with zero attached hydrogens (tertiary/aromatic N) is 1. The summed E-state index contributed by atoms with van der Waals surface area (Å²) < 4.78 is 6.72. The van der Waals surface area contributed by atoms with Crippen molar-refractivity contribution in [2.45, 2.75) is 38.8 Å². The third-order valence-corrected chi connectivity index (χ3v) is 4.27. The van der Waals surface area contributed by atoms with Gasteiger partial charge < -0.3 is 15.4 Å². The largest absolute Gasteiger partial charge is 0.377 e. The van der Waals surface area contributed by atoms with Gasteiger partial charge in [0, 0.05) is 22.7 Å². The highest BCUT2D eigenvalue weighted by Gasteiger charge is 2.30. The van der Waals surface area contributed by atoms with Gasteiger partial charge in [-0.05, 0) is 44.9 Å². The van der Waals surface area contributed by atoms with Gasteiger partial charge in [0.2, 0.25) is 0 Å². The Morgan fingerprint density at radius 3 is 2.79 bits per heavy atom. The zero-order valence-corrected chi connectivity index (χ0v) is 13.5. The molecule has 1 aromatic rings. The van der Waals surface area contributed by atoms with E-state index >= 15 is 0 Å². The molecule has 0 spiro atoms. The topological polar surface area (TPSA) is 38.5 Å². The molecule has 2 N–H and O–H groups in total. The molecular weight excluding hydrogens is 304 g/mol. The highest BCUT2D eigenvalue weighted by Crippen LogP contribution is 2.31. The molecule has 0 saturated carbocycles. The van der Waals surface area contributed by atoms with Crippen LogP contribution >= 0.6 is 15.9 Å². The van der Waals surface area contributed by atoms with Gasteiger partial charge in [-0.1, -0.05) is 22.0 Å². The Morgan fingerprint density at radius 2 is 2.21 bits per heavy atom. The molecule has 106 valence electrons. The second-order valence-corrected chi connectivity index (χ2v) is 6.83. The van der Waals surface area contributed by atoms with Crippen LogP contribution in [0.5, 0.6) is 0 Å². The van der Waals surface area contributed by atoms with E-state index in [0.717, 1.165) is 30.7 Å². The van der Waals surface area contributed by atoms with Crippen LogP contribution in [0.3, 0.4) is 0 Å². The normalized spacial score (nSPS) is 20.4. The lowest BCUT2D eigenvalue weighted by molar-refractivity contribution is 0.0644. The number of morpholine rings is 1. The maximum absolute atomic E-state index is 5.87. The van der Waals surface area contributed by atoms with Gasteiger partial charge in [0.25, 0.3) is 0 Å². The van der Waals surface area contributed by atoms with E-state index in [1.807, 2.05) is 6.92 Å². The Bertz CT molecular complexity index is 446. The molecule has 2 rings (SSSR count). The Morgan fingerprint density at radius 1 is 1.47 bits per heavy atom. The molecule has 0 aliphatic carbocycles. The second-order valence-electron chi connectivity index (χ2n) is 5.97. The van der Waals surface area contributed by atoms with Crippen molar-refractivity contribution in [2.24, 2.45) is 5.73 Å². The summed E-state index contributed by atoms with van der Waals surface area (Å²) in [6.45, 7) is 8.97. The highest BCUT2D eigenvalue weighted by atomic mass is 79.9. The van der Waals surface area contributed by atoms with Gasteiger partial charge in [0.05, 0.1) is 18.8 Å². The summed E-state index contributed by atoms with van der Waals surface area (Å²) in [5, 5.41) is 0. The van der Waals surface area contributed by atoms with Crippen LogP contribution in [0.15, 0.2) is 22.7 Å². The van der Waals surface area contributed by atoms with Crippen LogP contribution in [0.4, 0.5) is 5.69 Å². The smallest absolute Gasteiger partial charge is 0.0694 e. The zero-order valence-electron chi connectivity index (χ0n) is 11.9. The van der Waals surface area contributed by atoms with E-state index < -0.39 is 0 Å². The van der Waals surface area contributed by atoms with Gasteiger partial charge in [0.15, 0.2) is 0 Å². The van der Waals surface area contributed by atoms with Crippen LogP contribution < -0.4 is 10.6 Å². The molecule has 1 fully saturated rings. The number of hydrogen-bond donors (Lipinski definition) is 1. The van der Waals surface area contributed by atoms with Crippen LogP contribution in [0.2, 0.25) is 0 Å². The Hall–Kier alpha value is -0.580. The van der Waals surface area contributed by atoms with Crippen molar-refractivity contribution in [3.8, 4) is 0 Å². The summed E-state index contributed by atoms with van der Waals surface area (Å²) in [6.07, 6.45) is 0.896. The van der Waals surface area contributed by atoms with Gasteiger partial charge in [-0.3, -0.25) is 0 Å². The maximum atomic E-state index is 5.87. The Labute approximate surface area is 124 Å². The minimum atomic E-state index is 0.0420. The van der Waals surface area contributed by atoms with Crippen molar-refractivity contribution in [3.63, 3.8) is 0 Å². The predicted molar refractivity (Wildman–Crippen MR) is 83.7 cm³/mol. The fourth-order valence-electron chi connectivity index (χ4n) is 2.55. The average molecular weight is 327 g/mol. The molecule has 1 aromatic carbocycles. The molecule has 0 radical (unpaired) electrons. The number of rotatable bonds is 3. The van der Waals surface area contributed by atoms with Gasteiger partial charge in [-0.15, -0.1) is 0 Å². The predicted octanol–water partition coefficient (Wildman–Crippen LogP) is 2.95. The number of halogens is 1. The number of hydrogen-bond acceptors (Lipinski definition) is 3. The van der Waals surface area contributed by atoms with E-state index in [2.05, 4.69) is 52.9 Å². The second kappa shape index (κ2) is 5.81. The van der Waals surface area contributed by atoms with Crippen molar-refractivity contribution in [3.05, 3.63) is 28.2 Å². The van der Waals surface area contributed by atoms with E-state index in [4.69, 9.17) is 10.5 Å². The fourth-order valence-corrected chi connectivity index (χ4v) is 3.08. The molecular formula is C15H23BrN2O. The highest BCUT2D eigenvalue weighted by molar-refractivity contribution is 9.10. The van der Waals surface area contributed by atoms with Crippen LogP contribution in [0, 0.1) is 0 Å². The van der Waals surface area contributed by atoms with Gasteiger partial charge in [-0.2, -0.15) is 0 Å². The molecule has 1 aliphatic rings. The van der Waals surface area contributed by atoms with Crippen LogP contribution in [0.1, 0.15) is 26.3 Å². The van der Waals surface area contributed by atoms with Crippen molar-refractivity contribution in [1.29, 1.82) is 0 Å². The van der Waals surface area contributed by atoms with E-state index in [1.165, 1.54) is 11.3 Å². The third kappa shape index (κ3) is 3.50. The maximum Gasteiger partial charge on any atom is 0.0694 e. The third-order valence-electron chi connectivity index (χ3n) is 3.54. The van der Waals surface area contributed by atoms with Gasteiger partial charge >= 0.3 is 0 Å². The molecule has 1 heterocycles. The number of anilines is 1. The number of nitrogens with two attached hydrogens (primary N) is 1. The average Bonchev–Trinajstić information content (AvgIpc) is 2.31. The first kappa shape index (κ1) is 14.8. The standard InChI is InChI=1S/C15H23BrN2O/c1-11(17)8-12-4-5-13(9-14(12)16)18-6-7-19-10-15(18,2)3/h4-5,9,11H,6-8,10,17H2,1-3H3. The van der Waals surface area contributed by atoms with Crippen LogP contribution in [-0.2, 0) is 11.2 Å². The van der Waals surface area contributed by atoms with Crippen LogP contribution in [0.25, 0.3) is 0 Å². The van der Waals surface area contributed by atoms with Gasteiger partial charge in [0.1, 0.15) is 0 Å². The molecule has 0 aromatic heterocycles. The van der Waals surface area contributed by atoms with Gasteiger partial charge in [-0.25, -0.2) is 0 Å². The fraction of sp³-hybridized carbons (Fsp3) is 0.600. The quantitative estimate of drug-likeness (QED) is 0.928. The summed E-state index contributed by atoms with van der Waals surface area (Å²) in [5.41, 5.74) is 8.42. The molecule has 0 bridgehead atoms. The molecule has 3 nitrogen and oxygen atoms in total. The molecule has 1 aliphatic heterocycles. The van der Waals surface area contributed by atoms with Crippen molar-refractivity contribution >= 4 is 21.6 Å². The number of benzene rings is 1. The molecule has 0 amide bonds. The van der Waals surface area contributed by atoms with E-state index in [-0.39, 0.29) is 11.6 Å². The molecule has 1 saturated heterocycles. The Kier molecular flexibility index (Phi) is 4.54. The molecule has 1 atom stereocenters. The summed E-state index contributed by atoms with van der Waals surface area (Å²) in [7, 11) is 0. The minimum Gasteiger partial charge on any atom is -0.377 e. The SMILES string of the molecule is CC(N)Cc1ccc(N2CCOCC2(C)C)cc1Br. The Balaban J connectivity index is 2.23. The summed E-state index contributed by atoms with van der Waals surface area (Å²) in [5.74, 6) is 0. The first-order chi connectivity index (χ1) is 8.90. The lowest BCUT2D eigenvalue weighted by atomic mass is 10.0. The molecule has 1 unspecified atom stereocenters. The summed E-state index contributed by atoms with van der Waals surface area (Å²) >= 11 is 3.67. The summed E-state index contributed by atoms with van der Waals surface area (Å²) in [6, 6.07) is 6.75. The first-order valence-electron chi connectivity index (χ1n) is 6.79. The van der Waals surface area contributed by atoms with E-state index in [1.54, 1.807) is 0 Å². The van der Waals surface area contributed by atoms with Crippen LogP contribution in [-0.4, -0.2) is 31.3 Å². The molecule has 4 heteroatoms. The zero-order chi connectivity index (χ0) is 14.0. The van der Waals surface area contributed by atoms with E-state index in [0.29, 0.717) is 0 Å². The minimum absolute atomic E-state index is 0.0420. The number of ether oxygens (including phenoxy) is 1.